The van der Waals surface area contributed by atoms with Gasteiger partial charge in [-0.2, -0.15) is 11.8 Å². The highest BCUT2D eigenvalue weighted by Gasteiger charge is 2.40. The zero-order valence-corrected chi connectivity index (χ0v) is 26.1. The standard InChI is InChI=1S/C29H47N3O7S/c1-18(2)13-14-20(4)32(27(36)22(15-16-40-9)31-28(37)39-29(5,6)7)24(26(35)30-17-23(33)38-8)21-12-10-11-19(3)25(21)34/h10-12,18,20,22,24,34H,13-17H2,1-9H3,(H,30,35)(H,31,37). The number of para-hydroxylation sites is 1. The number of hydrogen-bond donors (Lipinski definition) is 3. The van der Waals surface area contributed by atoms with Crippen LogP contribution in [0.4, 0.5) is 4.79 Å². The van der Waals surface area contributed by atoms with E-state index >= 15 is 0 Å². The molecule has 0 saturated carbocycles. The van der Waals surface area contributed by atoms with Gasteiger partial charge in [0.2, 0.25) is 11.8 Å². The van der Waals surface area contributed by atoms with E-state index in [1.807, 2.05) is 13.2 Å². The van der Waals surface area contributed by atoms with Crippen molar-refractivity contribution in [3.63, 3.8) is 0 Å². The molecule has 40 heavy (non-hydrogen) atoms. The number of esters is 1. The van der Waals surface area contributed by atoms with Gasteiger partial charge in [-0.3, -0.25) is 14.4 Å². The van der Waals surface area contributed by atoms with Crippen molar-refractivity contribution in [2.24, 2.45) is 5.92 Å². The molecular weight excluding hydrogens is 534 g/mol. The number of phenols is 1. The highest BCUT2D eigenvalue weighted by molar-refractivity contribution is 7.98. The van der Waals surface area contributed by atoms with E-state index in [0.717, 1.165) is 6.42 Å². The number of rotatable bonds is 14. The number of ether oxygens (including phenoxy) is 2. The molecule has 10 nitrogen and oxygen atoms in total. The molecule has 226 valence electrons. The Bertz CT molecular complexity index is 1010. The number of carbonyl (C=O) groups is 4. The number of alkyl carbamates (subject to hydrolysis) is 1. The van der Waals surface area contributed by atoms with Crippen molar-refractivity contribution in [3.8, 4) is 5.75 Å². The Hall–Kier alpha value is -2.95. The van der Waals surface area contributed by atoms with E-state index in [1.165, 1.54) is 23.8 Å². The topological polar surface area (TPSA) is 134 Å². The quantitative estimate of drug-likeness (QED) is 0.277. The Labute approximate surface area is 242 Å². The van der Waals surface area contributed by atoms with Crippen molar-refractivity contribution in [1.29, 1.82) is 0 Å². The number of amides is 3. The molecule has 0 aromatic heterocycles. The van der Waals surface area contributed by atoms with Crippen LogP contribution in [0.2, 0.25) is 0 Å². The molecule has 0 saturated heterocycles. The van der Waals surface area contributed by atoms with Gasteiger partial charge in [0.1, 0.15) is 30.0 Å². The second-order valence-corrected chi connectivity index (χ2v) is 12.2. The summed E-state index contributed by atoms with van der Waals surface area (Å²) in [4.78, 5) is 54.1. The van der Waals surface area contributed by atoms with Crippen molar-refractivity contribution in [2.45, 2.75) is 91.5 Å². The number of hydrogen-bond acceptors (Lipinski definition) is 8. The fraction of sp³-hybridized carbons (Fsp3) is 0.655. The maximum atomic E-state index is 14.3. The number of aromatic hydroxyl groups is 1. The molecule has 0 radical (unpaired) electrons. The van der Waals surface area contributed by atoms with Gasteiger partial charge in [0.05, 0.1) is 7.11 Å². The van der Waals surface area contributed by atoms with Crippen LogP contribution in [0.25, 0.3) is 0 Å². The van der Waals surface area contributed by atoms with Crippen LogP contribution in [0.5, 0.6) is 5.75 Å². The molecular formula is C29H47N3O7S. The van der Waals surface area contributed by atoms with Crippen molar-refractivity contribution in [2.75, 3.05) is 25.7 Å². The summed E-state index contributed by atoms with van der Waals surface area (Å²) in [7, 11) is 1.21. The zero-order chi connectivity index (χ0) is 30.6. The molecule has 3 N–H and O–H groups in total. The minimum absolute atomic E-state index is 0.129. The molecule has 0 spiro atoms. The maximum Gasteiger partial charge on any atom is 0.408 e. The van der Waals surface area contributed by atoms with Crippen LogP contribution < -0.4 is 10.6 Å². The van der Waals surface area contributed by atoms with E-state index in [0.29, 0.717) is 30.1 Å². The molecule has 0 aliphatic heterocycles. The summed E-state index contributed by atoms with van der Waals surface area (Å²) in [5.74, 6) is -1.03. The van der Waals surface area contributed by atoms with Gasteiger partial charge >= 0.3 is 12.1 Å². The molecule has 3 atom stereocenters. The third-order valence-electron chi connectivity index (χ3n) is 6.22. The molecule has 11 heteroatoms. The van der Waals surface area contributed by atoms with Crippen LogP contribution in [0.3, 0.4) is 0 Å². The second-order valence-electron chi connectivity index (χ2n) is 11.3. The fourth-order valence-electron chi connectivity index (χ4n) is 4.08. The van der Waals surface area contributed by atoms with Gasteiger partial charge in [0.15, 0.2) is 0 Å². The number of nitrogens with zero attached hydrogens (tertiary/aromatic N) is 1. The average Bonchev–Trinajstić information content (AvgIpc) is 2.86. The Kier molecular flexibility index (Phi) is 14.3. The molecule has 0 aliphatic carbocycles. The highest BCUT2D eigenvalue weighted by atomic mass is 32.2. The summed E-state index contributed by atoms with van der Waals surface area (Å²) in [6, 6.07) is 2.24. The lowest BCUT2D eigenvalue weighted by Crippen LogP contribution is -2.56. The number of thioether (sulfide) groups is 1. The van der Waals surface area contributed by atoms with Gasteiger partial charge in [-0.15, -0.1) is 0 Å². The largest absolute Gasteiger partial charge is 0.507 e. The lowest BCUT2D eigenvalue weighted by molar-refractivity contribution is -0.146. The summed E-state index contributed by atoms with van der Waals surface area (Å²) >= 11 is 1.52. The molecule has 1 rings (SSSR count). The van der Waals surface area contributed by atoms with Crippen LogP contribution in [0, 0.1) is 12.8 Å². The number of methoxy groups -OCH3 is 1. The Balaban J connectivity index is 3.69. The van der Waals surface area contributed by atoms with Crippen molar-refractivity contribution in [3.05, 3.63) is 29.3 Å². The van der Waals surface area contributed by atoms with Crippen LogP contribution in [-0.4, -0.2) is 77.2 Å². The lowest BCUT2D eigenvalue weighted by Gasteiger charge is -2.39. The van der Waals surface area contributed by atoms with E-state index < -0.39 is 54.1 Å². The number of benzene rings is 1. The molecule has 0 fully saturated rings. The van der Waals surface area contributed by atoms with Crippen molar-refractivity contribution >= 4 is 35.6 Å². The van der Waals surface area contributed by atoms with E-state index in [4.69, 9.17) is 4.74 Å². The summed E-state index contributed by atoms with van der Waals surface area (Å²) in [5, 5.41) is 16.3. The molecule has 3 unspecified atom stereocenters. The Morgan fingerprint density at radius 1 is 1.07 bits per heavy atom. The normalized spacial score (nSPS) is 13.7. The summed E-state index contributed by atoms with van der Waals surface area (Å²) in [5.41, 5.74) is -0.0326. The first kappa shape index (κ1) is 35.1. The predicted molar refractivity (Wildman–Crippen MR) is 157 cm³/mol. The predicted octanol–water partition coefficient (Wildman–Crippen LogP) is 4.33. The van der Waals surface area contributed by atoms with E-state index in [1.54, 1.807) is 45.9 Å². The van der Waals surface area contributed by atoms with Crippen LogP contribution in [0.1, 0.15) is 78.0 Å². The van der Waals surface area contributed by atoms with Gasteiger partial charge in [0.25, 0.3) is 0 Å². The summed E-state index contributed by atoms with van der Waals surface area (Å²) in [6.07, 6.45) is 2.79. The monoisotopic (exact) mass is 581 g/mol. The van der Waals surface area contributed by atoms with Gasteiger partial charge < -0.3 is 30.1 Å². The summed E-state index contributed by atoms with van der Waals surface area (Å²) < 4.78 is 10.1. The first-order valence-electron chi connectivity index (χ1n) is 13.6. The SMILES string of the molecule is COC(=O)CNC(=O)C(c1cccc(C)c1O)N(C(=O)C(CCSC)NC(=O)OC(C)(C)C)C(C)CCC(C)C. The minimum atomic E-state index is -1.28. The Morgan fingerprint density at radius 3 is 2.27 bits per heavy atom. The molecule has 3 amide bonds. The van der Waals surface area contributed by atoms with Crippen LogP contribution >= 0.6 is 11.8 Å². The number of phenolic OH excluding ortho intramolecular Hbond substituents is 1. The van der Waals surface area contributed by atoms with Gasteiger partial charge in [0, 0.05) is 11.6 Å². The lowest BCUT2D eigenvalue weighted by atomic mass is 9.95. The average molecular weight is 582 g/mol. The number of carbonyl (C=O) groups excluding carboxylic acids is 4. The summed E-state index contributed by atoms with van der Waals surface area (Å²) in [6.45, 7) is 12.4. The first-order chi connectivity index (χ1) is 18.6. The maximum absolute atomic E-state index is 14.3. The Morgan fingerprint density at radius 2 is 1.73 bits per heavy atom. The smallest absolute Gasteiger partial charge is 0.408 e. The second kappa shape index (κ2) is 16.3. The first-order valence-corrected chi connectivity index (χ1v) is 15.0. The minimum Gasteiger partial charge on any atom is -0.507 e. The fourth-order valence-corrected chi connectivity index (χ4v) is 4.55. The van der Waals surface area contributed by atoms with Gasteiger partial charge in [-0.1, -0.05) is 32.0 Å². The molecule has 0 heterocycles. The number of aryl methyl sites for hydroxylation is 1. The number of nitrogens with one attached hydrogen (secondary N) is 2. The van der Waals surface area contributed by atoms with Crippen LogP contribution in [0.15, 0.2) is 18.2 Å². The van der Waals surface area contributed by atoms with Gasteiger partial charge in [-0.25, -0.2) is 4.79 Å². The van der Waals surface area contributed by atoms with E-state index in [-0.39, 0.29) is 11.3 Å². The molecule has 0 aliphatic rings. The third kappa shape index (κ3) is 11.3. The molecule has 0 bridgehead atoms. The highest BCUT2D eigenvalue weighted by Crippen LogP contribution is 2.34. The van der Waals surface area contributed by atoms with Crippen molar-refractivity contribution < 1.29 is 33.8 Å². The van der Waals surface area contributed by atoms with E-state index in [9.17, 15) is 24.3 Å². The zero-order valence-electron chi connectivity index (χ0n) is 25.3. The van der Waals surface area contributed by atoms with Crippen LogP contribution in [-0.2, 0) is 23.9 Å². The van der Waals surface area contributed by atoms with E-state index in [2.05, 4.69) is 29.2 Å². The molecule has 1 aromatic carbocycles. The third-order valence-corrected chi connectivity index (χ3v) is 6.86. The van der Waals surface area contributed by atoms with Gasteiger partial charge in [-0.05, 0) is 77.4 Å². The van der Waals surface area contributed by atoms with Crippen molar-refractivity contribution in [1.82, 2.24) is 15.5 Å². The molecule has 1 aromatic rings.